The number of carboxylic acid groups (broad SMARTS) is 1. The third-order valence-corrected chi connectivity index (χ3v) is 6.36. The summed E-state index contributed by atoms with van der Waals surface area (Å²) < 4.78 is 31.9. The largest absolute Gasteiger partial charge is 0.480 e. The minimum Gasteiger partial charge on any atom is -0.480 e. The lowest BCUT2D eigenvalue weighted by molar-refractivity contribution is -0.140. The summed E-state index contributed by atoms with van der Waals surface area (Å²) in [6.45, 7) is 4.74. The van der Waals surface area contributed by atoms with E-state index in [2.05, 4.69) is 5.32 Å². The van der Waals surface area contributed by atoms with Crippen LogP contribution in [-0.4, -0.2) is 62.1 Å². The molecular weight excluding hydrogens is 360 g/mol. The fraction of sp³-hybridized carbons (Fsp3) is 0.529. The molecule has 1 saturated heterocycles. The first-order valence-corrected chi connectivity index (χ1v) is 9.93. The molecule has 0 radical (unpaired) electrons. The van der Waals surface area contributed by atoms with Crippen LogP contribution in [0.15, 0.2) is 29.2 Å². The maximum Gasteiger partial charge on any atom is 0.326 e. The smallest absolute Gasteiger partial charge is 0.326 e. The highest BCUT2D eigenvalue weighted by atomic mass is 32.2. The first-order chi connectivity index (χ1) is 12.3. The minimum atomic E-state index is -3.73. The van der Waals surface area contributed by atoms with E-state index < -0.39 is 27.9 Å². The fourth-order valence-electron chi connectivity index (χ4n) is 2.64. The minimum absolute atomic E-state index is 0.00228. The van der Waals surface area contributed by atoms with E-state index in [1.165, 1.54) is 28.6 Å². The Morgan fingerprint density at radius 2 is 1.96 bits per heavy atom. The zero-order valence-corrected chi connectivity index (χ0v) is 15.7. The van der Waals surface area contributed by atoms with Crippen LogP contribution < -0.4 is 5.32 Å². The van der Waals surface area contributed by atoms with Crippen molar-refractivity contribution in [2.24, 2.45) is 5.92 Å². The lowest BCUT2D eigenvalue weighted by atomic mass is 9.99. The second-order valence-corrected chi connectivity index (χ2v) is 8.16. The Labute approximate surface area is 153 Å². The highest BCUT2D eigenvalue weighted by molar-refractivity contribution is 7.89. The van der Waals surface area contributed by atoms with Crippen molar-refractivity contribution >= 4 is 21.9 Å². The number of aliphatic carboxylic acids is 1. The maximum absolute atomic E-state index is 12.7. The number of ether oxygens (including phenoxy) is 1. The Kier molecular flexibility index (Phi) is 6.74. The Bertz CT molecular complexity index is 758. The van der Waals surface area contributed by atoms with Gasteiger partial charge in [-0.25, -0.2) is 13.2 Å². The molecule has 2 rings (SSSR count). The number of morpholine rings is 1. The molecule has 144 valence electrons. The molecule has 0 aromatic heterocycles. The predicted octanol–water partition coefficient (Wildman–Crippen LogP) is 0.937. The number of carbonyl (C=O) groups is 2. The van der Waals surface area contributed by atoms with Crippen molar-refractivity contribution in [2.75, 3.05) is 26.3 Å². The number of amides is 1. The van der Waals surface area contributed by atoms with E-state index in [1.807, 2.05) is 6.92 Å². The Morgan fingerprint density at radius 3 is 2.54 bits per heavy atom. The zero-order valence-electron chi connectivity index (χ0n) is 14.8. The summed E-state index contributed by atoms with van der Waals surface area (Å²) in [7, 11) is -3.73. The number of sulfonamides is 1. The van der Waals surface area contributed by atoms with E-state index in [0.717, 1.165) is 0 Å². The average molecular weight is 384 g/mol. The van der Waals surface area contributed by atoms with Crippen LogP contribution in [0, 0.1) is 5.92 Å². The number of nitrogens with one attached hydrogen (secondary N) is 1. The van der Waals surface area contributed by atoms with Crippen LogP contribution >= 0.6 is 0 Å². The van der Waals surface area contributed by atoms with Crippen LogP contribution in [0.3, 0.4) is 0 Å². The van der Waals surface area contributed by atoms with Crippen molar-refractivity contribution in [2.45, 2.75) is 31.2 Å². The molecule has 2 atom stereocenters. The zero-order chi connectivity index (χ0) is 19.3. The van der Waals surface area contributed by atoms with Crippen molar-refractivity contribution in [3.05, 3.63) is 29.8 Å². The van der Waals surface area contributed by atoms with E-state index in [1.54, 1.807) is 6.92 Å². The van der Waals surface area contributed by atoms with Gasteiger partial charge in [-0.15, -0.1) is 0 Å². The maximum atomic E-state index is 12.7. The van der Waals surface area contributed by atoms with Gasteiger partial charge >= 0.3 is 5.97 Å². The molecular formula is C17H24N2O6S. The second kappa shape index (κ2) is 8.61. The quantitative estimate of drug-likeness (QED) is 0.723. The van der Waals surface area contributed by atoms with Crippen molar-refractivity contribution in [1.29, 1.82) is 0 Å². The van der Waals surface area contributed by atoms with Crippen molar-refractivity contribution < 1.29 is 27.9 Å². The van der Waals surface area contributed by atoms with Crippen LogP contribution in [0.4, 0.5) is 0 Å². The number of carbonyl (C=O) groups excluding carboxylic acids is 1. The first-order valence-electron chi connectivity index (χ1n) is 8.49. The lowest BCUT2D eigenvalue weighted by Gasteiger charge is -2.26. The number of carboxylic acids is 1. The van der Waals surface area contributed by atoms with Crippen LogP contribution in [0.5, 0.6) is 0 Å². The van der Waals surface area contributed by atoms with Crippen molar-refractivity contribution in [3.8, 4) is 0 Å². The molecule has 2 N–H and O–H groups in total. The molecule has 1 aliphatic rings. The number of hydrogen-bond donors (Lipinski definition) is 2. The highest BCUT2D eigenvalue weighted by Gasteiger charge is 2.28. The molecule has 1 aromatic carbocycles. The summed E-state index contributed by atoms with van der Waals surface area (Å²) in [5.41, 5.74) is 0.105. The Hall–Kier alpha value is -1.97. The van der Waals surface area contributed by atoms with Gasteiger partial charge in [0.15, 0.2) is 0 Å². The van der Waals surface area contributed by atoms with E-state index in [9.17, 15) is 23.1 Å². The van der Waals surface area contributed by atoms with Crippen LogP contribution in [0.1, 0.15) is 30.6 Å². The number of hydrogen-bond acceptors (Lipinski definition) is 5. The molecule has 1 amide bonds. The predicted molar refractivity (Wildman–Crippen MR) is 94.4 cm³/mol. The van der Waals surface area contributed by atoms with Gasteiger partial charge in [0.1, 0.15) is 6.04 Å². The van der Waals surface area contributed by atoms with E-state index in [-0.39, 0.29) is 29.5 Å². The molecule has 1 aromatic rings. The van der Waals surface area contributed by atoms with Gasteiger partial charge in [-0.1, -0.05) is 26.3 Å². The van der Waals surface area contributed by atoms with Crippen LogP contribution in [0.2, 0.25) is 0 Å². The van der Waals surface area contributed by atoms with Crippen LogP contribution in [0.25, 0.3) is 0 Å². The van der Waals surface area contributed by atoms with Gasteiger partial charge in [0.25, 0.3) is 5.91 Å². The average Bonchev–Trinajstić information content (AvgIpc) is 2.65. The molecule has 9 heteroatoms. The summed E-state index contributed by atoms with van der Waals surface area (Å²) in [5, 5.41) is 11.8. The summed E-state index contributed by atoms with van der Waals surface area (Å²) in [6.07, 6.45) is 0.586. The van der Waals surface area contributed by atoms with E-state index >= 15 is 0 Å². The molecule has 1 aliphatic heterocycles. The Morgan fingerprint density at radius 1 is 1.31 bits per heavy atom. The lowest BCUT2D eigenvalue weighted by Crippen LogP contribution is -2.45. The van der Waals surface area contributed by atoms with Gasteiger partial charge in [-0.05, 0) is 24.1 Å². The normalized spacial score (nSPS) is 18.1. The third-order valence-electron chi connectivity index (χ3n) is 4.47. The van der Waals surface area contributed by atoms with Gasteiger partial charge in [0.2, 0.25) is 10.0 Å². The standard InChI is InChI=1S/C17H24N2O6S/c1-3-12(2)15(17(21)22)18-16(20)13-5-4-6-14(11-13)26(23,24)19-7-9-25-10-8-19/h4-6,11-12,15H,3,7-10H2,1-2H3,(H,18,20)(H,21,22)/t12-,15-/m0/s1. The molecule has 1 fully saturated rings. The molecule has 0 saturated carbocycles. The third kappa shape index (κ3) is 4.60. The molecule has 0 spiro atoms. The van der Waals surface area contributed by atoms with Crippen molar-refractivity contribution in [1.82, 2.24) is 9.62 Å². The van der Waals surface area contributed by atoms with Crippen molar-refractivity contribution in [3.63, 3.8) is 0 Å². The molecule has 0 unspecified atom stereocenters. The van der Waals surface area contributed by atoms with Gasteiger partial charge in [-0.3, -0.25) is 4.79 Å². The molecule has 26 heavy (non-hydrogen) atoms. The number of rotatable bonds is 7. The molecule has 8 nitrogen and oxygen atoms in total. The van der Waals surface area contributed by atoms with E-state index in [0.29, 0.717) is 19.6 Å². The van der Waals surface area contributed by atoms with Gasteiger partial charge in [0, 0.05) is 18.7 Å². The second-order valence-electron chi connectivity index (χ2n) is 6.22. The first kappa shape index (κ1) is 20.3. The SMILES string of the molecule is CC[C@H](C)[C@H](NC(=O)c1cccc(S(=O)(=O)N2CCOCC2)c1)C(=O)O. The summed E-state index contributed by atoms with van der Waals surface area (Å²) in [4.78, 5) is 23.8. The molecule has 0 bridgehead atoms. The number of nitrogens with zero attached hydrogens (tertiary/aromatic N) is 1. The van der Waals surface area contributed by atoms with Gasteiger partial charge in [-0.2, -0.15) is 4.31 Å². The summed E-state index contributed by atoms with van der Waals surface area (Å²) in [6, 6.07) is 4.59. The number of benzene rings is 1. The van der Waals surface area contributed by atoms with Gasteiger partial charge < -0.3 is 15.2 Å². The molecule has 1 heterocycles. The Balaban J connectivity index is 2.22. The summed E-state index contributed by atoms with van der Waals surface area (Å²) in [5.74, 6) is -1.99. The molecule has 0 aliphatic carbocycles. The highest BCUT2D eigenvalue weighted by Crippen LogP contribution is 2.19. The van der Waals surface area contributed by atoms with E-state index in [4.69, 9.17) is 4.74 Å². The topological polar surface area (TPSA) is 113 Å². The summed E-state index contributed by atoms with van der Waals surface area (Å²) >= 11 is 0. The van der Waals surface area contributed by atoms with Gasteiger partial charge in [0.05, 0.1) is 18.1 Å². The van der Waals surface area contributed by atoms with Crippen LogP contribution in [-0.2, 0) is 19.6 Å². The fourth-order valence-corrected chi connectivity index (χ4v) is 4.10. The monoisotopic (exact) mass is 384 g/mol.